The van der Waals surface area contributed by atoms with E-state index in [0.29, 0.717) is 5.75 Å². The minimum atomic E-state index is -0.866. The minimum Gasteiger partial charge on any atom is -0.479 e. The van der Waals surface area contributed by atoms with Gasteiger partial charge in [0.05, 0.1) is 6.54 Å². The quantitative estimate of drug-likeness (QED) is 0.719. The maximum atomic E-state index is 11.8. The molecule has 24 heavy (non-hydrogen) atoms. The van der Waals surface area contributed by atoms with E-state index >= 15 is 0 Å². The van der Waals surface area contributed by atoms with E-state index in [9.17, 15) is 14.4 Å². The Morgan fingerprint density at radius 1 is 1.17 bits per heavy atom. The minimum absolute atomic E-state index is 0.0291. The highest BCUT2D eigenvalue weighted by Gasteiger charge is 2.19. The number of nitrogens with one attached hydrogen (secondary N) is 1. The van der Waals surface area contributed by atoms with E-state index < -0.39 is 30.5 Å². The van der Waals surface area contributed by atoms with Crippen molar-refractivity contribution in [2.24, 2.45) is 5.73 Å². The van der Waals surface area contributed by atoms with Gasteiger partial charge in [0.1, 0.15) is 5.75 Å². The molecule has 1 aromatic rings. The summed E-state index contributed by atoms with van der Waals surface area (Å²) in [5.74, 6) is -1.43. The van der Waals surface area contributed by atoms with Crippen LogP contribution in [0.4, 0.5) is 0 Å². The van der Waals surface area contributed by atoms with Crippen LogP contribution in [0.15, 0.2) is 24.3 Å². The van der Waals surface area contributed by atoms with Gasteiger partial charge in [-0.05, 0) is 30.0 Å². The first-order valence-electron chi connectivity index (χ1n) is 7.58. The molecule has 3 N–H and O–H groups in total. The second-order valence-electron chi connectivity index (χ2n) is 6.39. The highest BCUT2D eigenvalue weighted by Crippen LogP contribution is 2.24. The number of hydrogen-bond acceptors (Lipinski definition) is 5. The third kappa shape index (κ3) is 6.68. The second kappa shape index (κ2) is 8.33. The molecule has 2 amide bonds. The number of nitrogens with two attached hydrogens (primary N) is 1. The molecule has 0 unspecified atom stereocenters. The van der Waals surface area contributed by atoms with E-state index in [-0.39, 0.29) is 12.0 Å². The molecule has 0 radical (unpaired) electrons. The van der Waals surface area contributed by atoms with Crippen LogP contribution in [0.2, 0.25) is 0 Å². The Kier molecular flexibility index (Phi) is 6.76. The lowest BCUT2D eigenvalue weighted by atomic mass is 9.87. The summed E-state index contributed by atoms with van der Waals surface area (Å²) in [6, 6.07) is 7.43. The van der Waals surface area contributed by atoms with Crippen LogP contribution in [0.3, 0.4) is 0 Å². The number of carbonyl (C=O) groups is 3. The van der Waals surface area contributed by atoms with Crippen LogP contribution in [0.5, 0.6) is 5.75 Å². The molecule has 1 atom stereocenters. The Hall–Kier alpha value is -2.57. The summed E-state index contributed by atoms with van der Waals surface area (Å²) in [6.45, 7) is 7.04. The molecular formula is C17H24N2O5. The molecule has 0 fully saturated rings. The van der Waals surface area contributed by atoms with E-state index in [2.05, 4.69) is 26.1 Å². The number of carbonyl (C=O) groups excluding carboxylic acids is 3. The van der Waals surface area contributed by atoms with Crippen LogP contribution < -0.4 is 15.8 Å². The third-order valence-corrected chi connectivity index (χ3v) is 3.17. The maximum Gasteiger partial charge on any atom is 0.347 e. The topological polar surface area (TPSA) is 108 Å². The first-order valence-corrected chi connectivity index (χ1v) is 7.58. The molecule has 0 bridgehead atoms. The number of ether oxygens (including phenoxy) is 2. The molecule has 1 rings (SSSR count). The Morgan fingerprint density at radius 2 is 1.75 bits per heavy atom. The fourth-order valence-corrected chi connectivity index (χ4v) is 1.78. The van der Waals surface area contributed by atoms with E-state index in [1.54, 1.807) is 12.1 Å². The number of esters is 1. The van der Waals surface area contributed by atoms with Crippen LogP contribution in [0, 0.1) is 0 Å². The van der Waals surface area contributed by atoms with E-state index in [1.165, 1.54) is 6.92 Å². The lowest BCUT2D eigenvalue weighted by molar-refractivity contribution is -0.154. The van der Waals surface area contributed by atoms with E-state index in [4.69, 9.17) is 15.2 Å². The van der Waals surface area contributed by atoms with Gasteiger partial charge in [0.15, 0.2) is 12.7 Å². The van der Waals surface area contributed by atoms with Crippen molar-refractivity contribution in [3.63, 3.8) is 0 Å². The van der Waals surface area contributed by atoms with Crippen LogP contribution in [-0.2, 0) is 24.5 Å². The summed E-state index contributed by atoms with van der Waals surface area (Å²) in [6.07, 6.45) is -0.866. The summed E-state index contributed by atoms with van der Waals surface area (Å²) in [5, 5.41) is 2.21. The van der Waals surface area contributed by atoms with Crippen LogP contribution in [0.25, 0.3) is 0 Å². The van der Waals surface area contributed by atoms with Gasteiger partial charge >= 0.3 is 5.97 Å². The predicted molar refractivity (Wildman–Crippen MR) is 88.4 cm³/mol. The van der Waals surface area contributed by atoms with Gasteiger partial charge in [0.25, 0.3) is 5.91 Å². The number of benzene rings is 1. The first kappa shape index (κ1) is 19.5. The Balaban J connectivity index is 2.46. The third-order valence-electron chi connectivity index (χ3n) is 3.17. The van der Waals surface area contributed by atoms with Gasteiger partial charge < -0.3 is 20.5 Å². The van der Waals surface area contributed by atoms with Crippen molar-refractivity contribution in [2.75, 3.05) is 13.2 Å². The molecule has 7 nitrogen and oxygen atoms in total. The van der Waals surface area contributed by atoms with Crippen molar-refractivity contribution in [3.05, 3.63) is 29.8 Å². The zero-order valence-corrected chi connectivity index (χ0v) is 14.4. The van der Waals surface area contributed by atoms with Crippen molar-refractivity contribution in [3.8, 4) is 5.75 Å². The van der Waals surface area contributed by atoms with Gasteiger partial charge in [-0.25, -0.2) is 4.79 Å². The van der Waals surface area contributed by atoms with Gasteiger partial charge in [-0.15, -0.1) is 0 Å². The van der Waals surface area contributed by atoms with Gasteiger partial charge in [0.2, 0.25) is 5.91 Å². The van der Waals surface area contributed by atoms with E-state index in [1.807, 2.05) is 12.1 Å². The summed E-state index contributed by atoms with van der Waals surface area (Å²) in [7, 11) is 0. The monoisotopic (exact) mass is 336 g/mol. The van der Waals surface area contributed by atoms with Crippen molar-refractivity contribution in [1.82, 2.24) is 5.32 Å². The summed E-state index contributed by atoms with van der Waals surface area (Å²) < 4.78 is 10.3. The molecule has 1 aromatic carbocycles. The van der Waals surface area contributed by atoms with Gasteiger partial charge in [-0.2, -0.15) is 0 Å². The standard InChI is InChI=1S/C17H24N2O5/c1-11(16(22)23-10-15(21)19-9-14(18)20)24-13-7-5-12(6-8-13)17(2,3)4/h5-8,11H,9-10H2,1-4H3,(H2,18,20)(H,19,21)/t11-/m1/s1. The SMILES string of the molecule is C[C@@H](Oc1ccc(C(C)(C)C)cc1)C(=O)OCC(=O)NCC(N)=O. The molecule has 0 aliphatic rings. The number of primary amides is 1. The molecule has 0 aliphatic heterocycles. The molecule has 132 valence electrons. The Labute approximate surface area is 141 Å². The number of rotatable bonds is 7. The molecule has 0 saturated heterocycles. The predicted octanol–water partition coefficient (Wildman–Crippen LogP) is 0.896. The van der Waals surface area contributed by atoms with Crippen molar-refractivity contribution >= 4 is 17.8 Å². The summed E-state index contributed by atoms with van der Waals surface area (Å²) in [4.78, 5) is 33.6. The Bertz CT molecular complexity index is 590. The van der Waals surface area contributed by atoms with Gasteiger partial charge in [-0.3, -0.25) is 9.59 Å². The number of amides is 2. The van der Waals surface area contributed by atoms with E-state index in [0.717, 1.165) is 5.56 Å². The largest absolute Gasteiger partial charge is 0.479 e. The fourth-order valence-electron chi connectivity index (χ4n) is 1.78. The second-order valence-corrected chi connectivity index (χ2v) is 6.39. The van der Waals surface area contributed by atoms with Crippen molar-refractivity contribution in [1.29, 1.82) is 0 Å². The summed E-state index contributed by atoms with van der Waals surface area (Å²) in [5.41, 5.74) is 6.07. The van der Waals surface area contributed by atoms with Crippen LogP contribution in [0.1, 0.15) is 33.3 Å². The van der Waals surface area contributed by atoms with Crippen molar-refractivity contribution < 1.29 is 23.9 Å². The average molecular weight is 336 g/mol. The highest BCUT2D eigenvalue weighted by molar-refractivity contribution is 5.86. The highest BCUT2D eigenvalue weighted by atomic mass is 16.6. The molecule has 0 aliphatic carbocycles. The molecule has 0 spiro atoms. The van der Waals surface area contributed by atoms with Crippen molar-refractivity contribution in [2.45, 2.75) is 39.2 Å². The molecular weight excluding hydrogens is 312 g/mol. The number of hydrogen-bond donors (Lipinski definition) is 2. The zero-order chi connectivity index (χ0) is 18.3. The molecule has 0 heterocycles. The Morgan fingerprint density at radius 3 is 2.25 bits per heavy atom. The van der Waals surface area contributed by atoms with Crippen LogP contribution >= 0.6 is 0 Å². The lowest BCUT2D eigenvalue weighted by Gasteiger charge is -2.20. The zero-order valence-electron chi connectivity index (χ0n) is 14.4. The molecule has 0 saturated carbocycles. The van der Waals surface area contributed by atoms with Gasteiger partial charge in [0, 0.05) is 0 Å². The first-order chi connectivity index (χ1) is 11.1. The lowest BCUT2D eigenvalue weighted by Crippen LogP contribution is -2.37. The van der Waals surface area contributed by atoms with Gasteiger partial charge in [-0.1, -0.05) is 32.9 Å². The normalized spacial score (nSPS) is 12.2. The smallest absolute Gasteiger partial charge is 0.347 e. The summed E-state index contributed by atoms with van der Waals surface area (Å²) >= 11 is 0. The van der Waals surface area contributed by atoms with Crippen LogP contribution in [-0.4, -0.2) is 37.0 Å². The fraction of sp³-hybridized carbons (Fsp3) is 0.471. The average Bonchev–Trinajstić information content (AvgIpc) is 2.50. The molecule has 7 heteroatoms. The maximum absolute atomic E-state index is 11.8. The molecule has 0 aromatic heterocycles.